The Morgan fingerprint density at radius 3 is 2.00 bits per heavy atom. The first-order chi connectivity index (χ1) is 14.5. The summed E-state index contributed by atoms with van der Waals surface area (Å²) in [6.07, 6.45) is 0. The number of hydrogen-bond acceptors (Lipinski definition) is 6. The molecule has 0 spiro atoms. The number of carbonyl (C=O) groups excluding carboxylic acids is 3. The van der Waals surface area contributed by atoms with E-state index in [0.717, 1.165) is 0 Å². The number of hydrogen-bond donors (Lipinski definition) is 0. The predicted octanol–water partition coefficient (Wildman–Crippen LogP) is 3.97. The minimum atomic E-state index is -0.663. The van der Waals surface area contributed by atoms with Crippen molar-refractivity contribution in [3.63, 3.8) is 0 Å². The molecule has 3 aromatic carbocycles. The summed E-state index contributed by atoms with van der Waals surface area (Å²) >= 11 is 0. The zero-order valence-electron chi connectivity index (χ0n) is 16.6. The molecule has 0 heterocycles. The number of esters is 1. The summed E-state index contributed by atoms with van der Waals surface area (Å²) < 4.78 is 15.4. The maximum Gasteiger partial charge on any atom is 0.338 e. The van der Waals surface area contributed by atoms with Crippen LogP contribution in [0, 0.1) is 0 Å². The third kappa shape index (κ3) is 4.72. The standard InChI is InChI=1S/C24H20O6/c1-28-19-12-13-22(29-2)20(14-19)21(25)15-30-24(27)18-10-8-17(9-11-18)23(26)16-6-4-3-5-7-16/h3-14H,15H2,1-2H3. The van der Waals surface area contributed by atoms with E-state index in [1.54, 1.807) is 48.5 Å². The normalized spacial score (nSPS) is 10.2. The molecule has 3 rings (SSSR count). The van der Waals surface area contributed by atoms with E-state index in [9.17, 15) is 14.4 Å². The second-order valence-electron chi connectivity index (χ2n) is 6.34. The van der Waals surface area contributed by atoms with Gasteiger partial charge in [-0.05, 0) is 30.3 Å². The molecule has 0 atom stereocenters. The number of carbonyl (C=O) groups is 3. The van der Waals surface area contributed by atoms with Crippen LogP contribution in [0.25, 0.3) is 0 Å². The predicted molar refractivity (Wildman–Crippen MR) is 110 cm³/mol. The van der Waals surface area contributed by atoms with Gasteiger partial charge in [-0.3, -0.25) is 9.59 Å². The number of methoxy groups -OCH3 is 2. The van der Waals surface area contributed by atoms with Gasteiger partial charge >= 0.3 is 5.97 Å². The third-order valence-electron chi connectivity index (χ3n) is 4.46. The van der Waals surface area contributed by atoms with Gasteiger partial charge in [0.05, 0.1) is 25.3 Å². The molecule has 152 valence electrons. The zero-order chi connectivity index (χ0) is 21.5. The van der Waals surface area contributed by atoms with Crippen molar-refractivity contribution >= 4 is 17.5 Å². The molecule has 3 aromatic rings. The minimum absolute atomic E-state index is 0.143. The molecule has 0 N–H and O–H groups in total. The minimum Gasteiger partial charge on any atom is -0.497 e. The van der Waals surface area contributed by atoms with E-state index >= 15 is 0 Å². The van der Waals surface area contributed by atoms with Crippen molar-refractivity contribution in [3.8, 4) is 11.5 Å². The molecule has 0 aliphatic heterocycles. The van der Waals surface area contributed by atoms with Crippen LogP contribution in [0.15, 0.2) is 72.8 Å². The molecule has 0 unspecified atom stereocenters. The van der Waals surface area contributed by atoms with Crippen LogP contribution in [0.1, 0.15) is 36.6 Å². The summed E-state index contributed by atoms with van der Waals surface area (Å²) in [6.45, 7) is -0.451. The summed E-state index contributed by atoms with van der Waals surface area (Å²) in [5, 5.41) is 0. The van der Waals surface area contributed by atoms with Crippen molar-refractivity contribution in [1.82, 2.24) is 0 Å². The fraction of sp³-hybridized carbons (Fsp3) is 0.125. The van der Waals surface area contributed by atoms with E-state index in [0.29, 0.717) is 22.6 Å². The summed E-state index contributed by atoms with van der Waals surface area (Å²) in [5.74, 6) is -0.375. The first-order valence-corrected chi connectivity index (χ1v) is 9.15. The lowest BCUT2D eigenvalue weighted by molar-refractivity contribution is 0.0474. The van der Waals surface area contributed by atoms with Gasteiger partial charge in [0.2, 0.25) is 5.78 Å². The highest BCUT2D eigenvalue weighted by molar-refractivity contribution is 6.09. The van der Waals surface area contributed by atoms with E-state index in [2.05, 4.69) is 0 Å². The van der Waals surface area contributed by atoms with Crippen molar-refractivity contribution in [2.75, 3.05) is 20.8 Å². The fourth-order valence-corrected chi connectivity index (χ4v) is 2.84. The Labute approximate surface area is 174 Å². The highest BCUT2D eigenvalue weighted by Crippen LogP contribution is 2.24. The van der Waals surface area contributed by atoms with Crippen molar-refractivity contribution < 1.29 is 28.6 Å². The molecule has 0 radical (unpaired) electrons. The molecule has 6 nitrogen and oxygen atoms in total. The van der Waals surface area contributed by atoms with Gasteiger partial charge in [0.15, 0.2) is 12.4 Å². The Morgan fingerprint density at radius 1 is 0.733 bits per heavy atom. The summed E-state index contributed by atoms with van der Waals surface area (Å²) in [7, 11) is 2.94. The Bertz CT molecular complexity index is 1050. The fourth-order valence-electron chi connectivity index (χ4n) is 2.84. The zero-order valence-corrected chi connectivity index (χ0v) is 16.6. The number of Topliss-reactive ketones (excluding diaryl/α,β-unsaturated/α-hetero) is 1. The van der Waals surface area contributed by atoms with E-state index in [1.165, 1.54) is 32.4 Å². The first-order valence-electron chi connectivity index (χ1n) is 9.15. The van der Waals surface area contributed by atoms with Gasteiger partial charge < -0.3 is 14.2 Å². The van der Waals surface area contributed by atoms with Crippen molar-refractivity contribution in [3.05, 3.63) is 95.1 Å². The van der Waals surface area contributed by atoms with Crippen molar-refractivity contribution in [2.24, 2.45) is 0 Å². The highest BCUT2D eigenvalue weighted by Gasteiger charge is 2.17. The van der Waals surface area contributed by atoms with Gasteiger partial charge in [0.25, 0.3) is 0 Å². The molecule has 30 heavy (non-hydrogen) atoms. The number of ether oxygens (including phenoxy) is 3. The molecule has 0 amide bonds. The van der Waals surface area contributed by atoms with E-state index < -0.39 is 18.4 Å². The largest absolute Gasteiger partial charge is 0.497 e. The number of benzene rings is 3. The van der Waals surface area contributed by atoms with Crippen LogP contribution >= 0.6 is 0 Å². The van der Waals surface area contributed by atoms with Gasteiger partial charge in [0, 0.05) is 11.1 Å². The van der Waals surface area contributed by atoms with Crippen molar-refractivity contribution in [2.45, 2.75) is 0 Å². The average molecular weight is 404 g/mol. The molecular weight excluding hydrogens is 384 g/mol. The van der Waals surface area contributed by atoms with Crippen LogP contribution in [0.4, 0.5) is 0 Å². The van der Waals surface area contributed by atoms with E-state index in [-0.39, 0.29) is 16.9 Å². The topological polar surface area (TPSA) is 78.9 Å². The molecule has 0 saturated carbocycles. The Morgan fingerprint density at radius 2 is 1.37 bits per heavy atom. The lowest BCUT2D eigenvalue weighted by atomic mass is 10.0. The van der Waals surface area contributed by atoms with Crippen molar-refractivity contribution in [1.29, 1.82) is 0 Å². The molecule has 6 heteroatoms. The van der Waals surface area contributed by atoms with Gasteiger partial charge in [-0.15, -0.1) is 0 Å². The molecule has 0 saturated heterocycles. The SMILES string of the molecule is COc1ccc(OC)c(C(=O)COC(=O)c2ccc(C(=O)c3ccccc3)cc2)c1. The van der Waals surface area contributed by atoms with Crippen LogP contribution in [0.2, 0.25) is 0 Å². The van der Waals surface area contributed by atoms with Crippen LogP contribution in [0.3, 0.4) is 0 Å². The van der Waals surface area contributed by atoms with Crippen LogP contribution in [-0.2, 0) is 4.74 Å². The second kappa shape index (κ2) is 9.52. The Balaban J connectivity index is 1.65. The summed E-state index contributed by atoms with van der Waals surface area (Å²) in [4.78, 5) is 37.2. The average Bonchev–Trinajstić information content (AvgIpc) is 2.82. The molecular formula is C24H20O6. The Hall–Kier alpha value is -3.93. The third-order valence-corrected chi connectivity index (χ3v) is 4.46. The lowest BCUT2D eigenvalue weighted by Gasteiger charge is -2.10. The van der Waals surface area contributed by atoms with Gasteiger partial charge in [-0.1, -0.05) is 42.5 Å². The van der Waals surface area contributed by atoms with E-state index in [4.69, 9.17) is 14.2 Å². The van der Waals surface area contributed by atoms with Gasteiger partial charge in [-0.2, -0.15) is 0 Å². The number of ketones is 2. The van der Waals surface area contributed by atoms with Gasteiger partial charge in [0.1, 0.15) is 11.5 Å². The summed E-state index contributed by atoms with van der Waals surface area (Å²) in [6, 6.07) is 19.8. The summed E-state index contributed by atoms with van der Waals surface area (Å²) in [5.41, 5.74) is 1.51. The van der Waals surface area contributed by atoms with Crippen LogP contribution in [0.5, 0.6) is 11.5 Å². The molecule has 0 aromatic heterocycles. The molecule has 0 aliphatic carbocycles. The second-order valence-corrected chi connectivity index (χ2v) is 6.34. The Kier molecular flexibility index (Phi) is 6.60. The molecule has 0 aliphatic rings. The molecule has 0 bridgehead atoms. The first kappa shape index (κ1) is 20.8. The van der Waals surface area contributed by atoms with E-state index in [1.807, 2.05) is 6.07 Å². The monoisotopic (exact) mass is 404 g/mol. The van der Waals surface area contributed by atoms with Crippen LogP contribution < -0.4 is 9.47 Å². The maximum absolute atomic E-state index is 12.5. The molecule has 0 fully saturated rings. The lowest BCUT2D eigenvalue weighted by Crippen LogP contribution is -2.15. The highest BCUT2D eigenvalue weighted by atomic mass is 16.5. The smallest absolute Gasteiger partial charge is 0.338 e. The quantitative estimate of drug-likeness (QED) is 0.417. The number of rotatable bonds is 8. The maximum atomic E-state index is 12.5. The van der Waals surface area contributed by atoms with Crippen LogP contribution in [-0.4, -0.2) is 38.4 Å². The van der Waals surface area contributed by atoms with Gasteiger partial charge in [-0.25, -0.2) is 4.79 Å².